The molecular formula is C50H30N4S. The van der Waals surface area contributed by atoms with Crippen LogP contribution >= 0.6 is 11.8 Å². The summed E-state index contributed by atoms with van der Waals surface area (Å²) in [5.74, 6) is 0.714. The van der Waals surface area contributed by atoms with Crippen molar-refractivity contribution < 1.29 is 0 Å². The molecule has 0 saturated heterocycles. The van der Waals surface area contributed by atoms with Crippen LogP contribution in [0.1, 0.15) is 0 Å². The molecule has 1 aliphatic heterocycles. The number of benzene rings is 8. The maximum Gasteiger partial charge on any atom is 0.161 e. The molecule has 0 spiro atoms. The van der Waals surface area contributed by atoms with Crippen molar-refractivity contribution in [2.45, 2.75) is 9.79 Å². The molecule has 0 N–H and O–H groups in total. The molecule has 11 aromatic rings. The van der Waals surface area contributed by atoms with Gasteiger partial charge in [0.1, 0.15) is 5.65 Å². The molecule has 0 radical (unpaired) electrons. The van der Waals surface area contributed by atoms with E-state index in [0.717, 1.165) is 55.3 Å². The molecule has 1 aliphatic rings. The summed E-state index contributed by atoms with van der Waals surface area (Å²) in [5, 5.41) is 7.06. The number of aromatic nitrogens is 4. The third kappa shape index (κ3) is 4.48. The van der Waals surface area contributed by atoms with Crippen LogP contribution in [0, 0.1) is 0 Å². The summed E-state index contributed by atoms with van der Waals surface area (Å²) in [6.07, 6.45) is 0. The van der Waals surface area contributed by atoms with E-state index < -0.39 is 0 Å². The summed E-state index contributed by atoms with van der Waals surface area (Å²) in [6, 6.07) is 65.2. The van der Waals surface area contributed by atoms with Gasteiger partial charge in [-0.2, -0.15) is 0 Å². The molecule has 0 atom stereocenters. The number of rotatable bonds is 4. The van der Waals surface area contributed by atoms with Gasteiger partial charge in [-0.15, -0.1) is 0 Å². The van der Waals surface area contributed by atoms with Crippen molar-refractivity contribution in [1.29, 1.82) is 0 Å². The molecule has 256 valence electrons. The maximum atomic E-state index is 5.37. The van der Waals surface area contributed by atoms with Crippen molar-refractivity contribution in [2.75, 3.05) is 0 Å². The number of nitrogens with zero attached hydrogens (tertiary/aromatic N) is 4. The highest BCUT2D eigenvalue weighted by Crippen LogP contribution is 2.50. The fraction of sp³-hybridized carbons (Fsp3) is 0. The average molecular weight is 719 g/mol. The van der Waals surface area contributed by atoms with E-state index in [4.69, 9.17) is 9.97 Å². The van der Waals surface area contributed by atoms with Gasteiger partial charge in [0, 0.05) is 53.5 Å². The zero-order chi connectivity index (χ0) is 36.0. The lowest BCUT2D eigenvalue weighted by molar-refractivity contribution is 1.03. The lowest BCUT2D eigenvalue weighted by atomic mass is 9.96. The van der Waals surface area contributed by atoms with Gasteiger partial charge < -0.3 is 0 Å². The Morgan fingerprint density at radius 1 is 0.455 bits per heavy atom. The highest BCUT2D eigenvalue weighted by atomic mass is 32.2. The standard InChI is InChI=1S/C50H30N4S/c1-3-15-32(16-4-1)46-39-28-26-31-14-7-8-20-36(31)47(39)52-49(51-46)37-21-10-9-19-35(37)33-27-29-41-40(30-33)45-38-22-13-25-44-48(38)54(42-23-11-12-24-43(42)55-44)50(45)53(41)34-17-5-2-6-18-34/h1-30H. The van der Waals surface area contributed by atoms with Crippen molar-refractivity contribution in [1.82, 2.24) is 19.1 Å². The van der Waals surface area contributed by atoms with Crippen LogP contribution in [0.15, 0.2) is 192 Å². The summed E-state index contributed by atoms with van der Waals surface area (Å²) >= 11 is 1.86. The molecule has 5 heteroatoms. The summed E-state index contributed by atoms with van der Waals surface area (Å²) in [4.78, 5) is 13.3. The Hall–Kier alpha value is -6.95. The second kappa shape index (κ2) is 11.8. The molecule has 8 aromatic carbocycles. The summed E-state index contributed by atoms with van der Waals surface area (Å²) < 4.78 is 4.94. The maximum absolute atomic E-state index is 5.37. The van der Waals surface area contributed by atoms with Crippen LogP contribution in [0.3, 0.4) is 0 Å². The Morgan fingerprint density at radius 2 is 1.18 bits per heavy atom. The third-order valence-electron chi connectivity index (χ3n) is 11.1. The van der Waals surface area contributed by atoms with Crippen molar-refractivity contribution in [2.24, 2.45) is 0 Å². The summed E-state index contributed by atoms with van der Waals surface area (Å²) in [5.41, 5.74) is 12.2. The van der Waals surface area contributed by atoms with Gasteiger partial charge in [-0.1, -0.05) is 145 Å². The van der Waals surface area contributed by atoms with E-state index in [1.54, 1.807) is 0 Å². The quantitative estimate of drug-likeness (QED) is 0.170. The Labute approximate surface area is 321 Å². The first kappa shape index (κ1) is 30.5. The van der Waals surface area contributed by atoms with E-state index in [2.05, 4.69) is 191 Å². The van der Waals surface area contributed by atoms with Crippen LogP contribution in [-0.4, -0.2) is 19.1 Å². The van der Waals surface area contributed by atoms with Gasteiger partial charge in [0.15, 0.2) is 5.82 Å². The lowest BCUT2D eigenvalue weighted by Gasteiger charge is -2.21. The van der Waals surface area contributed by atoms with Gasteiger partial charge in [0.25, 0.3) is 0 Å². The number of hydrogen-bond acceptors (Lipinski definition) is 3. The third-order valence-corrected chi connectivity index (χ3v) is 12.2. The Bertz CT molecular complexity index is 3340. The first-order valence-electron chi connectivity index (χ1n) is 18.6. The Morgan fingerprint density at radius 3 is 2.07 bits per heavy atom. The van der Waals surface area contributed by atoms with Gasteiger partial charge in [-0.3, -0.25) is 9.13 Å². The predicted octanol–water partition coefficient (Wildman–Crippen LogP) is 13.3. The van der Waals surface area contributed by atoms with Gasteiger partial charge in [-0.05, 0) is 65.0 Å². The molecule has 0 saturated carbocycles. The van der Waals surface area contributed by atoms with Crippen LogP contribution in [0.4, 0.5) is 0 Å². The average Bonchev–Trinajstić information content (AvgIpc) is 3.77. The SMILES string of the molecule is c1ccc(-c2nc(-c3ccccc3-c3ccc4c(c3)c3c5cccc6c5n(c3n4-c3ccccc3)-c3ccccc3S6)nc3c2ccc2ccccc23)cc1. The molecule has 55 heavy (non-hydrogen) atoms. The van der Waals surface area contributed by atoms with Crippen LogP contribution < -0.4 is 0 Å². The fourth-order valence-electron chi connectivity index (χ4n) is 8.72. The van der Waals surface area contributed by atoms with Crippen LogP contribution in [-0.2, 0) is 0 Å². The van der Waals surface area contributed by atoms with E-state index in [1.165, 1.54) is 48.3 Å². The molecule has 3 aromatic heterocycles. The Kier molecular flexibility index (Phi) is 6.53. The first-order chi connectivity index (χ1) is 27.3. The predicted molar refractivity (Wildman–Crippen MR) is 229 cm³/mol. The summed E-state index contributed by atoms with van der Waals surface area (Å²) in [6.45, 7) is 0. The smallest absolute Gasteiger partial charge is 0.161 e. The molecule has 0 fully saturated rings. The van der Waals surface area contributed by atoms with E-state index in [1.807, 2.05) is 11.8 Å². The van der Waals surface area contributed by atoms with E-state index >= 15 is 0 Å². The molecule has 4 heterocycles. The lowest BCUT2D eigenvalue weighted by Crippen LogP contribution is -2.05. The van der Waals surface area contributed by atoms with Crippen molar-refractivity contribution in [3.63, 3.8) is 0 Å². The molecule has 0 unspecified atom stereocenters. The molecular weight excluding hydrogens is 689 g/mol. The van der Waals surface area contributed by atoms with Crippen LogP contribution in [0.25, 0.3) is 99.7 Å². The highest BCUT2D eigenvalue weighted by molar-refractivity contribution is 7.99. The number of hydrogen-bond donors (Lipinski definition) is 0. The van der Waals surface area contributed by atoms with Crippen molar-refractivity contribution in [3.05, 3.63) is 182 Å². The molecule has 0 aliphatic carbocycles. The number of fused-ring (bicyclic) bond motifs is 10. The minimum atomic E-state index is 0.714. The van der Waals surface area contributed by atoms with Gasteiger partial charge >= 0.3 is 0 Å². The second-order valence-electron chi connectivity index (χ2n) is 14.1. The van der Waals surface area contributed by atoms with E-state index in [0.29, 0.717) is 5.82 Å². The number of para-hydroxylation sites is 3. The fourth-order valence-corrected chi connectivity index (χ4v) is 9.81. The molecule has 12 rings (SSSR count). The first-order valence-corrected chi connectivity index (χ1v) is 19.4. The van der Waals surface area contributed by atoms with E-state index in [9.17, 15) is 0 Å². The zero-order valence-electron chi connectivity index (χ0n) is 29.5. The van der Waals surface area contributed by atoms with Crippen molar-refractivity contribution in [3.8, 4) is 45.1 Å². The topological polar surface area (TPSA) is 35.6 Å². The van der Waals surface area contributed by atoms with E-state index in [-0.39, 0.29) is 0 Å². The second-order valence-corrected chi connectivity index (χ2v) is 15.2. The molecule has 0 bridgehead atoms. The van der Waals surface area contributed by atoms with Gasteiger partial charge in [0.2, 0.25) is 0 Å². The zero-order valence-corrected chi connectivity index (χ0v) is 30.3. The normalized spacial score (nSPS) is 12.3. The molecule has 4 nitrogen and oxygen atoms in total. The van der Waals surface area contributed by atoms with Gasteiger partial charge in [0.05, 0.1) is 27.9 Å². The molecule has 0 amide bonds. The monoisotopic (exact) mass is 718 g/mol. The minimum Gasteiger partial charge on any atom is -0.295 e. The van der Waals surface area contributed by atoms with Crippen LogP contribution in [0.5, 0.6) is 0 Å². The van der Waals surface area contributed by atoms with Crippen molar-refractivity contribution >= 4 is 66.3 Å². The van der Waals surface area contributed by atoms with Crippen LogP contribution in [0.2, 0.25) is 0 Å². The largest absolute Gasteiger partial charge is 0.295 e. The highest BCUT2D eigenvalue weighted by Gasteiger charge is 2.28. The minimum absolute atomic E-state index is 0.714. The Balaban J connectivity index is 1.15. The summed E-state index contributed by atoms with van der Waals surface area (Å²) in [7, 11) is 0. The van der Waals surface area contributed by atoms with Gasteiger partial charge in [-0.25, -0.2) is 9.97 Å².